The number of sulfonamides is 1. The Labute approximate surface area is 207 Å². The highest BCUT2D eigenvalue weighted by Gasteiger charge is 2.96. The number of rotatable bonds is 12. The van der Waals surface area contributed by atoms with E-state index in [1.165, 1.54) is 21.1 Å². The molecule has 0 saturated heterocycles. The molecular formula is C14H16BrF17N2O2S. The molecular weight excluding hydrogens is 663 g/mol. The van der Waals surface area contributed by atoms with Crippen molar-refractivity contribution in [3.05, 3.63) is 0 Å². The molecule has 0 spiro atoms. The van der Waals surface area contributed by atoms with Gasteiger partial charge in [-0.25, -0.2) is 13.1 Å². The van der Waals surface area contributed by atoms with Crippen LogP contribution < -0.4 is 21.7 Å². The fourth-order valence-corrected chi connectivity index (χ4v) is 3.23. The number of hydrogen-bond acceptors (Lipinski definition) is 2. The maximum atomic E-state index is 13.8. The predicted molar refractivity (Wildman–Crippen MR) is 85.1 cm³/mol. The molecule has 0 fully saturated rings. The van der Waals surface area contributed by atoms with Crippen LogP contribution in [-0.2, 0) is 10.0 Å². The molecule has 0 aliphatic heterocycles. The second-order valence-electron chi connectivity index (χ2n) is 8.23. The van der Waals surface area contributed by atoms with Gasteiger partial charge in [-0.1, -0.05) is 0 Å². The molecule has 0 radical (unpaired) electrons. The van der Waals surface area contributed by atoms with E-state index >= 15 is 0 Å². The quantitative estimate of drug-likeness (QED) is 0.195. The maximum Gasteiger partial charge on any atom is 0.460 e. The first-order valence-corrected chi connectivity index (χ1v) is 10.2. The van der Waals surface area contributed by atoms with Crippen LogP contribution in [0.3, 0.4) is 0 Å². The molecule has 0 atom stereocenters. The molecule has 0 aliphatic rings. The summed E-state index contributed by atoms with van der Waals surface area (Å²) in [6.45, 7) is -1.38. The number of alkyl halides is 17. The average Bonchev–Trinajstić information content (AvgIpc) is 2.62. The lowest BCUT2D eigenvalue weighted by Crippen LogP contribution is -3.00. The van der Waals surface area contributed by atoms with Crippen molar-refractivity contribution in [2.24, 2.45) is 0 Å². The molecule has 226 valence electrons. The summed E-state index contributed by atoms with van der Waals surface area (Å²) in [6.07, 6.45) is -8.37. The zero-order valence-corrected chi connectivity index (χ0v) is 20.5. The van der Waals surface area contributed by atoms with Crippen LogP contribution in [0.2, 0.25) is 0 Å². The fourth-order valence-electron chi connectivity index (χ4n) is 2.17. The molecule has 0 aromatic carbocycles. The lowest BCUT2D eigenvalue weighted by atomic mass is 9.91. The summed E-state index contributed by atoms with van der Waals surface area (Å²) in [4.78, 5) is 0. The predicted octanol–water partition coefficient (Wildman–Crippen LogP) is 1.97. The van der Waals surface area contributed by atoms with E-state index in [4.69, 9.17) is 0 Å². The van der Waals surface area contributed by atoms with Crippen molar-refractivity contribution in [3.8, 4) is 0 Å². The monoisotopic (exact) mass is 678 g/mol. The molecule has 1 N–H and O–H groups in total. The van der Waals surface area contributed by atoms with E-state index < -0.39 is 70.0 Å². The zero-order valence-electron chi connectivity index (χ0n) is 18.1. The minimum absolute atomic E-state index is 0. The Kier molecular flexibility index (Phi) is 10.6. The third-order valence-corrected chi connectivity index (χ3v) is 5.84. The van der Waals surface area contributed by atoms with E-state index in [1.807, 2.05) is 0 Å². The van der Waals surface area contributed by atoms with E-state index in [0.29, 0.717) is 4.72 Å². The topological polar surface area (TPSA) is 46.2 Å². The van der Waals surface area contributed by atoms with Gasteiger partial charge in [-0.3, -0.25) is 0 Å². The van der Waals surface area contributed by atoms with Crippen LogP contribution in [0, 0.1) is 0 Å². The second kappa shape index (κ2) is 10.3. The molecule has 4 nitrogen and oxygen atoms in total. The molecule has 23 heteroatoms. The van der Waals surface area contributed by atoms with E-state index in [2.05, 4.69) is 0 Å². The van der Waals surface area contributed by atoms with Gasteiger partial charge >= 0.3 is 47.0 Å². The Bertz CT molecular complexity index is 897. The van der Waals surface area contributed by atoms with Crippen LogP contribution >= 0.6 is 0 Å². The first-order chi connectivity index (χ1) is 15.2. The van der Waals surface area contributed by atoms with Crippen molar-refractivity contribution in [1.29, 1.82) is 0 Å². The van der Waals surface area contributed by atoms with Crippen molar-refractivity contribution in [1.82, 2.24) is 4.72 Å². The SMILES string of the molecule is C[N+](C)(C)CCCNS(=O)(=O)C(F)(F)C(F)(F)C(F)(F)C(F)(F)C(F)(F)C(F)(F)C(F)(F)C(F)(F)F.[Br-]. The van der Waals surface area contributed by atoms with E-state index in [-0.39, 0.29) is 28.0 Å². The minimum Gasteiger partial charge on any atom is -1.00 e. The Morgan fingerprint density at radius 2 is 0.865 bits per heavy atom. The molecule has 0 aromatic rings. The standard InChI is InChI=1S/C14H16F17N2O2S.BrH/c1-33(2,3)6-4-5-32-36(34,35)14(30,31)12(25,26)10(21,22)8(17,18)7(15,16)9(19,20)11(23,24)13(27,28)29;/h32H,4-6H2,1-3H3;1H/q+1;/p-1. The summed E-state index contributed by atoms with van der Waals surface area (Å²) < 4.78 is 247. The second-order valence-corrected chi connectivity index (χ2v) is 10.0. The van der Waals surface area contributed by atoms with Gasteiger partial charge in [0.25, 0.3) is 10.0 Å². The van der Waals surface area contributed by atoms with Gasteiger partial charge in [0, 0.05) is 13.0 Å². The van der Waals surface area contributed by atoms with Gasteiger partial charge in [-0.2, -0.15) is 74.6 Å². The van der Waals surface area contributed by atoms with E-state index in [0.717, 1.165) is 0 Å². The molecule has 0 saturated carbocycles. The van der Waals surface area contributed by atoms with Gasteiger partial charge in [-0.05, 0) is 0 Å². The molecule has 0 bridgehead atoms. The van der Waals surface area contributed by atoms with Crippen molar-refractivity contribution in [2.75, 3.05) is 34.2 Å². The van der Waals surface area contributed by atoms with Gasteiger partial charge in [0.1, 0.15) is 0 Å². The maximum absolute atomic E-state index is 13.8. The Morgan fingerprint density at radius 3 is 1.16 bits per heavy atom. The van der Waals surface area contributed by atoms with Crippen molar-refractivity contribution < 1.29 is 105 Å². The molecule has 0 heterocycles. The molecule has 0 aliphatic carbocycles. The lowest BCUT2D eigenvalue weighted by molar-refractivity contribution is -0.870. The lowest BCUT2D eigenvalue weighted by Gasteiger charge is -2.42. The van der Waals surface area contributed by atoms with Crippen LogP contribution in [0.1, 0.15) is 6.42 Å². The van der Waals surface area contributed by atoms with E-state index in [1.54, 1.807) is 0 Å². The summed E-state index contributed by atoms with van der Waals surface area (Å²) in [5, 5.41) is -7.53. The highest BCUT2D eigenvalue weighted by atomic mass is 79.9. The highest BCUT2D eigenvalue weighted by Crippen LogP contribution is 2.64. The largest absolute Gasteiger partial charge is 1.00 e. The molecule has 0 aromatic heterocycles. The number of quaternary nitrogens is 1. The van der Waals surface area contributed by atoms with Gasteiger partial charge in [-0.15, -0.1) is 0 Å². The number of nitrogens with zero attached hydrogens (tertiary/aromatic N) is 1. The number of halogens is 18. The van der Waals surface area contributed by atoms with Crippen LogP contribution in [0.5, 0.6) is 0 Å². The molecule has 0 rings (SSSR count). The van der Waals surface area contributed by atoms with Crippen LogP contribution in [0.4, 0.5) is 74.6 Å². The van der Waals surface area contributed by atoms with Gasteiger partial charge in [0.05, 0.1) is 27.7 Å². The summed E-state index contributed by atoms with van der Waals surface area (Å²) >= 11 is 0. The first-order valence-electron chi connectivity index (χ1n) is 8.72. The molecule has 0 amide bonds. The normalized spacial score (nSPS) is 16.0. The van der Waals surface area contributed by atoms with Gasteiger partial charge < -0.3 is 21.5 Å². The third-order valence-electron chi connectivity index (χ3n) is 4.33. The summed E-state index contributed by atoms with van der Waals surface area (Å²) in [5.74, 6) is -51.5. The minimum atomic E-state index is -8.83. The van der Waals surface area contributed by atoms with Crippen molar-refractivity contribution in [2.45, 2.75) is 53.4 Å². The van der Waals surface area contributed by atoms with Crippen LogP contribution in [-0.4, -0.2) is 94.1 Å². The Morgan fingerprint density at radius 1 is 0.568 bits per heavy atom. The van der Waals surface area contributed by atoms with Crippen molar-refractivity contribution in [3.63, 3.8) is 0 Å². The first kappa shape index (κ1) is 38.3. The molecule has 0 unspecified atom stereocenters. The smallest absolute Gasteiger partial charge is 0.460 e. The van der Waals surface area contributed by atoms with Gasteiger partial charge in [0.2, 0.25) is 0 Å². The van der Waals surface area contributed by atoms with Crippen molar-refractivity contribution >= 4 is 10.0 Å². The summed E-state index contributed by atoms with van der Waals surface area (Å²) in [5.41, 5.74) is 0. The number of nitrogens with one attached hydrogen (secondary N) is 1. The summed E-state index contributed by atoms with van der Waals surface area (Å²) in [7, 11) is -2.94. The fraction of sp³-hybridized carbons (Fsp3) is 1.00. The Hall–Kier alpha value is -0.840. The zero-order chi connectivity index (χ0) is 29.8. The number of hydrogen-bond donors (Lipinski definition) is 1. The third kappa shape index (κ3) is 6.02. The summed E-state index contributed by atoms with van der Waals surface area (Å²) in [6, 6.07) is 0. The average molecular weight is 679 g/mol. The van der Waals surface area contributed by atoms with Gasteiger partial charge in [0.15, 0.2) is 0 Å². The Balaban J connectivity index is 0. The van der Waals surface area contributed by atoms with E-state index in [9.17, 15) is 83.1 Å². The molecule has 37 heavy (non-hydrogen) atoms. The highest BCUT2D eigenvalue weighted by molar-refractivity contribution is 7.90. The van der Waals surface area contributed by atoms with Crippen LogP contribution in [0.15, 0.2) is 0 Å². The van der Waals surface area contributed by atoms with Crippen LogP contribution in [0.25, 0.3) is 0 Å².